The molecule has 1 N–H and O–H groups in total. The van der Waals surface area contributed by atoms with Gasteiger partial charge < -0.3 is 15.1 Å². The summed E-state index contributed by atoms with van der Waals surface area (Å²) in [5.41, 5.74) is 1.00. The summed E-state index contributed by atoms with van der Waals surface area (Å²) in [5.74, 6) is 2.20. The zero-order valence-electron chi connectivity index (χ0n) is 13.7. The van der Waals surface area contributed by atoms with Gasteiger partial charge in [0.15, 0.2) is 0 Å². The lowest BCUT2D eigenvalue weighted by Gasteiger charge is -2.35. The predicted molar refractivity (Wildman–Crippen MR) is 86.2 cm³/mol. The van der Waals surface area contributed by atoms with Gasteiger partial charge in [0.05, 0.1) is 0 Å². The Morgan fingerprint density at radius 1 is 1.23 bits per heavy atom. The highest BCUT2D eigenvalue weighted by Crippen LogP contribution is 2.20. The van der Waals surface area contributed by atoms with Gasteiger partial charge in [-0.25, -0.2) is 14.8 Å². The Balaban J connectivity index is 1.62. The minimum Gasteiger partial charge on any atom is -0.353 e. The van der Waals surface area contributed by atoms with Crippen LogP contribution in [-0.4, -0.2) is 53.1 Å². The van der Waals surface area contributed by atoms with Crippen LogP contribution < -0.4 is 10.2 Å². The molecule has 2 amide bonds. The van der Waals surface area contributed by atoms with E-state index in [0.29, 0.717) is 12.0 Å². The zero-order valence-corrected chi connectivity index (χ0v) is 13.7. The van der Waals surface area contributed by atoms with Gasteiger partial charge in [0.25, 0.3) is 0 Å². The molecule has 1 aliphatic carbocycles. The minimum atomic E-state index is 0.0869. The lowest BCUT2D eigenvalue weighted by Crippen LogP contribution is -2.52. The first-order valence-electron chi connectivity index (χ1n) is 8.19. The molecule has 1 saturated carbocycles. The number of hydrogen-bond donors (Lipinski definition) is 1. The van der Waals surface area contributed by atoms with Crippen molar-refractivity contribution in [2.45, 2.75) is 45.6 Å². The number of carbonyl (C=O) groups is 1. The highest BCUT2D eigenvalue weighted by molar-refractivity contribution is 5.75. The van der Waals surface area contributed by atoms with Crippen LogP contribution >= 0.6 is 0 Å². The Hall–Kier alpha value is -1.85. The molecular weight excluding hydrogens is 278 g/mol. The van der Waals surface area contributed by atoms with Crippen LogP contribution in [0.1, 0.15) is 44.1 Å². The second-order valence-corrected chi connectivity index (χ2v) is 6.58. The van der Waals surface area contributed by atoms with E-state index in [-0.39, 0.29) is 6.03 Å². The normalized spacial score (nSPS) is 18.7. The maximum absolute atomic E-state index is 12.1. The summed E-state index contributed by atoms with van der Waals surface area (Å²) >= 11 is 0. The van der Waals surface area contributed by atoms with E-state index in [9.17, 15) is 4.79 Å². The minimum absolute atomic E-state index is 0.0869. The van der Waals surface area contributed by atoms with Crippen LogP contribution in [0.25, 0.3) is 0 Å². The molecule has 0 spiro atoms. The first kappa shape index (κ1) is 15.1. The van der Waals surface area contributed by atoms with E-state index in [1.165, 1.54) is 0 Å². The van der Waals surface area contributed by atoms with Crippen LogP contribution in [0, 0.1) is 6.92 Å². The molecule has 0 atom stereocenters. The summed E-state index contributed by atoms with van der Waals surface area (Å²) in [6.45, 7) is 9.38. The highest BCUT2D eigenvalue weighted by Gasteiger charge is 2.28. The molecule has 22 heavy (non-hydrogen) atoms. The number of aryl methyl sites for hydroxylation is 1. The molecule has 1 aromatic rings. The Bertz CT molecular complexity index is 547. The van der Waals surface area contributed by atoms with E-state index < -0.39 is 0 Å². The lowest BCUT2D eigenvalue weighted by atomic mass is 10.2. The van der Waals surface area contributed by atoms with E-state index in [1.54, 1.807) is 0 Å². The van der Waals surface area contributed by atoms with Crippen LogP contribution in [0.5, 0.6) is 0 Å². The number of rotatable bonds is 3. The van der Waals surface area contributed by atoms with Gasteiger partial charge >= 0.3 is 6.03 Å². The molecule has 0 aromatic carbocycles. The van der Waals surface area contributed by atoms with Gasteiger partial charge in [-0.05, 0) is 19.8 Å². The molecule has 1 saturated heterocycles. The van der Waals surface area contributed by atoms with Gasteiger partial charge in [-0.15, -0.1) is 0 Å². The molecule has 6 nitrogen and oxygen atoms in total. The summed E-state index contributed by atoms with van der Waals surface area (Å²) in [7, 11) is 0. The van der Waals surface area contributed by atoms with Crippen molar-refractivity contribution in [2.75, 3.05) is 31.1 Å². The number of piperazine rings is 1. The summed E-state index contributed by atoms with van der Waals surface area (Å²) < 4.78 is 0. The Kier molecular flexibility index (Phi) is 4.18. The standard InChI is InChI=1S/C16H25N5O/c1-11(2)15-17-12(3)10-14(19-15)20-6-8-21(9-7-20)16(22)18-13-4-5-13/h10-11,13H,4-9H2,1-3H3,(H,18,22). The fraction of sp³-hybridized carbons (Fsp3) is 0.688. The Morgan fingerprint density at radius 2 is 1.91 bits per heavy atom. The third kappa shape index (κ3) is 3.48. The number of carbonyl (C=O) groups excluding carboxylic acids is 1. The fourth-order valence-electron chi connectivity index (χ4n) is 2.63. The molecule has 1 aromatic heterocycles. The molecule has 6 heteroatoms. The Morgan fingerprint density at radius 3 is 2.50 bits per heavy atom. The number of hydrogen-bond acceptors (Lipinski definition) is 4. The molecule has 2 heterocycles. The molecule has 0 radical (unpaired) electrons. The SMILES string of the molecule is Cc1cc(N2CCN(C(=O)NC3CC3)CC2)nc(C(C)C)n1. The predicted octanol–water partition coefficient (Wildman–Crippen LogP) is 1.90. The molecule has 3 rings (SSSR count). The van der Waals surface area contributed by atoms with Crippen LogP contribution in [0.15, 0.2) is 6.07 Å². The fourth-order valence-corrected chi connectivity index (χ4v) is 2.63. The summed E-state index contributed by atoms with van der Waals surface area (Å²) in [6.07, 6.45) is 2.26. The number of nitrogens with zero attached hydrogens (tertiary/aromatic N) is 4. The summed E-state index contributed by atoms with van der Waals surface area (Å²) in [5, 5.41) is 3.05. The third-order valence-electron chi connectivity index (χ3n) is 4.17. The van der Waals surface area contributed by atoms with E-state index >= 15 is 0 Å². The second kappa shape index (κ2) is 6.10. The largest absolute Gasteiger partial charge is 0.353 e. The van der Waals surface area contributed by atoms with Crippen molar-refractivity contribution in [3.8, 4) is 0 Å². The van der Waals surface area contributed by atoms with Gasteiger partial charge in [0.1, 0.15) is 11.6 Å². The van der Waals surface area contributed by atoms with Crippen molar-refractivity contribution < 1.29 is 4.79 Å². The van der Waals surface area contributed by atoms with Gasteiger partial charge in [0, 0.05) is 49.9 Å². The maximum Gasteiger partial charge on any atom is 0.317 e. The summed E-state index contributed by atoms with van der Waals surface area (Å²) in [6, 6.07) is 2.54. The van der Waals surface area contributed by atoms with Gasteiger partial charge in [-0.3, -0.25) is 0 Å². The molecule has 2 aliphatic rings. The van der Waals surface area contributed by atoms with E-state index in [1.807, 2.05) is 17.9 Å². The van der Waals surface area contributed by atoms with E-state index in [2.05, 4.69) is 34.0 Å². The van der Waals surface area contributed by atoms with Crippen LogP contribution in [0.2, 0.25) is 0 Å². The first-order chi connectivity index (χ1) is 10.5. The zero-order chi connectivity index (χ0) is 15.7. The van der Waals surface area contributed by atoms with Crippen molar-refractivity contribution in [1.29, 1.82) is 0 Å². The number of aromatic nitrogens is 2. The van der Waals surface area contributed by atoms with Crippen molar-refractivity contribution in [1.82, 2.24) is 20.2 Å². The summed E-state index contributed by atoms with van der Waals surface area (Å²) in [4.78, 5) is 25.4. The Labute approximate surface area is 131 Å². The number of nitrogens with one attached hydrogen (secondary N) is 1. The quantitative estimate of drug-likeness (QED) is 0.926. The van der Waals surface area contributed by atoms with Crippen molar-refractivity contribution in [2.24, 2.45) is 0 Å². The number of urea groups is 1. The van der Waals surface area contributed by atoms with Crippen LogP contribution in [0.4, 0.5) is 10.6 Å². The average Bonchev–Trinajstić information content (AvgIpc) is 3.30. The van der Waals surface area contributed by atoms with Gasteiger partial charge in [-0.1, -0.05) is 13.8 Å². The van der Waals surface area contributed by atoms with E-state index in [4.69, 9.17) is 0 Å². The van der Waals surface area contributed by atoms with E-state index in [0.717, 1.165) is 56.4 Å². The molecule has 2 fully saturated rings. The van der Waals surface area contributed by atoms with Crippen LogP contribution in [0.3, 0.4) is 0 Å². The monoisotopic (exact) mass is 303 g/mol. The molecule has 120 valence electrons. The average molecular weight is 303 g/mol. The van der Waals surface area contributed by atoms with Crippen molar-refractivity contribution >= 4 is 11.8 Å². The first-order valence-corrected chi connectivity index (χ1v) is 8.19. The molecule has 1 aliphatic heterocycles. The third-order valence-corrected chi connectivity index (χ3v) is 4.17. The lowest BCUT2D eigenvalue weighted by molar-refractivity contribution is 0.193. The molecule has 0 bridgehead atoms. The topological polar surface area (TPSA) is 61.4 Å². The van der Waals surface area contributed by atoms with Crippen molar-refractivity contribution in [3.05, 3.63) is 17.6 Å². The maximum atomic E-state index is 12.1. The molecule has 0 unspecified atom stereocenters. The van der Waals surface area contributed by atoms with Gasteiger partial charge in [0.2, 0.25) is 0 Å². The smallest absolute Gasteiger partial charge is 0.317 e. The highest BCUT2D eigenvalue weighted by atomic mass is 16.2. The second-order valence-electron chi connectivity index (χ2n) is 6.58. The van der Waals surface area contributed by atoms with Crippen LogP contribution in [-0.2, 0) is 0 Å². The number of amides is 2. The molecular formula is C16H25N5O. The van der Waals surface area contributed by atoms with Gasteiger partial charge in [-0.2, -0.15) is 0 Å². The number of anilines is 1. The van der Waals surface area contributed by atoms with Crippen molar-refractivity contribution in [3.63, 3.8) is 0 Å².